The third-order valence-corrected chi connectivity index (χ3v) is 2.80. The van der Waals surface area contributed by atoms with Gasteiger partial charge in [-0.15, -0.1) is 0 Å². The zero-order valence-corrected chi connectivity index (χ0v) is 11.8. The maximum atomic E-state index is 11.2. The zero-order valence-electron chi connectivity index (χ0n) is 11.8. The maximum absolute atomic E-state index is 11.2. The molecule has 0 aromatic rings. The van der Waals surface area contributed by atoms with Crippen molar-refractivity contribution in [2.24, 2.45) is 0 Å². The Balaban J connectivity index is 3.41. The minimum Gasteiger partial charge on any atom is -0.462 e. The van der Waals surface area contributed by atoms with Crippen molar-refractivity contribution >= 4 is 5.97 Å². The fourth-order valence-corrected chi connectivity index (χ4v) is 1.70. The summed E-state index contributed by atoms with van der Waals surface area (Å²) in [6, 6.07) is 3.21. The molecule has 0 fully saturated rings. The van der Waals surface area contributed by atoms with Gasteiger partial charge in [-0.05, 0) is 12.8 Å². The van der Waals surface area contributed by atoms with Crippen molar-refractivity contribution in [3.8, 4) is 12.1 Å². The first kappa shape index (κ1) is 18.1. The third-order valence-electron chi connectivity index (χ3n) is 2.80. The summed E-state index contributed by atoms with van der Waals surface area (Å²) in [5, 5.41) is 25.5. The topological polar surface area (TPSA) is 94.1 Å². The van der Waals surface area contributed by atoms with Crippen molar-refractivity contribution in [3.05, 3.63) is 11.6 Å². The molecule has 0 aromatic heterocycles. The highest BCUT2D eigenvalue weighted by Gasteiger charge is 2.01. The minimum absolute atomic E-state index is 0.238. The predicted octanol–water partition coefficient (Wildman–Crippen LogP) is 2.62. The highest BCUT2D eigenvalue weighted by molar-refractivity contribution is 5.84. The quantitative estimate of drug-likeness (QED) is 0.271. The summed E-state index contributed by atoms with van der Waals surface area (Å²) in [7, 11) is 0. The van der Waals surface area contributed by atoms with Crippen molar-refractivity contribution in [2.75, 3.05) is 13.2 Å². The van der Waals surface area contributed by atoms with Gasteiger partial charge in [0.05, 0.1) is 12.7 Å². The minimum atomic E-state index is -0.632. The van der Waals surface area contributed by atoms with Gasteiger partial charge in [0, 0.05) is 6.61 Å². The standard InChI is InChI=1S/C15H22N2O3/c16-12-14(13-17)11-15(19)20-10-8-6-4-2-1-3-5-7-9-18/h11,18H,1-10H2. The van der Waals surface area contributed by atoms with E-state index >= 15 is 0 Å². The van der Waals surface area contributed by atoms with E-state index in [1.807, 2.05) is 0 Å². The number of ether oxygens (including phenoxy) is 1. The first-order valence-corrected chi connectivity index (χ1v) is 7.04. The van der Waals surface area contributed by atoms with E-state index in [2.05, 4.69) is 0 Å². The number of aliphatic hydroxyl groups excluding tert-OH is 1. The fourth-order valence-electron chi connectivity index (χ4n) is 1.70. The summed E-state index contributed by atoms with van der Waals surface area (Å²) in [5.74, 6) is -0.632. The Bertz CT molecular complexity index is 362. The molecule has 0 unspecified atom stereocenters. The van der Waals surface area contributed by atoms with Crippen LogP contribution in [-0.4, -0.2) is 24.3 Å². The van der Waals surface area contributed by atoms with Gasteiger partial charge in [0.25, 0.3) is 0 Å². The number of unbranched alkanes of at least 4 members (excludes halogenated alkanes) is 7. The maximum Gasteiger partial charge on any atom is 0.332 e. The number of rotatable bonds is 11. The lowest BCUT2D eigenvalue weighted by Gasteiger charge is -2.03. The van der Waals surface area contributed by atoms with Crippen LogP contribution in [-0.2, 0) is 9.53 Å². The highest BCUT2D eigenvalue weighted by Crippen LogP contribution is 2.08. The number of carbonyl (C=O) groups is 1. The monoisotopic (exact) mass is 278 g/mol. The first-order chi connectivity index (χ1) is 9.74. The number of hydrogen-bond acceptors (Lipinski definition) is 5. The molecule has 0 aromatic carbocycles. The zero-order chi connectivity index (χ0) is 15.1. The van der Waals surface area contributed by atoms with E-state index in [0.29, 0.717) is 6.61 Å². The van der Waals surface area contributed by atoms with Crippen LogP contribution in [0.3, 0.4) is 0 Å². The molecule has 0 heterocycles. The molecule has 0 atom stereocenters. The summed E-state index contributed by atoms with van der Waals surface area (Å²) in [6.07, 6.45) is 9.28. The van der Waals surface area contributed by atoms with Gasteiger partial charge in [0.15, 0.2) is 0 Å². The highest BCUT2D eigenvalue weighted by atomic mass is 16.5. The molecule has 0 saturated carbocycles. The summed E-state index contributed by atoms with van der Waals surface area (Å²) < 4.78 is 4.89. The van der Waals surface area contributed by atoms with Gasteiger partial charge in [-0.2, -0.15) is 10.5 Å². The van der Waals surface area contributed by atoms with E-state index in [1.54, 1.807) is 12.1 Å². The molecule has 5 heteroatoms. The van der Waals surface area contributed by atoms with Crippen LogP contribution in [0.2, 0.25) is 0 Å². The van der Waals surface area contributed by atoms with Gasteiger partial charge >= 0.3 is 5.97 Å². The van der Waals surface area contributed by atoms with Gasteiger partial charge in [0.2, 0.25) is 0 Å². The Morgan fingerprint density at radius 1 is 0.950 bits per heavy atom. The Labute approximate surface area is 120 Å². The number of carbonyl (C=O) groups excluding carboxylic acids is 1. The number of esters is 1. The van der Waals surface area contributed by atoms with Crippen LogP contribution < -0.4 is 0 Å². The second-order valence-electron chi connectivity index (χ2n) is 4.50. The molecule has 0 spiro atoms. The first-order valence-electron chi connectivity index (χ1n) is 7.04. The van der Waals surface area contributed by atoms with Gasteiger partial charge in [-0.25, -0.2) is 4.79 Å². The Hall–Kier alpha value is -1.85. The van der Waals surface area contributed by atoms with Gasteiger partial charge in [-0.3, -0.25) is 0 Å². The molecule has 0 aliphatic carbocycles. The van der Waals surface area contributed by atoms with E-state index in [1.165, 1.54) is 6.42 Å². The van der Waals surface area contributed by atoms with Crippen molar-refractivity contribution in [2.45, 2.75) is 51.4 Å². The number of hydrogen-bond donors (Lipinski definition) is 1. The average molecular weight is 278 g/mol. The van der Waals surface area contributed by atoms with E-state index in [0.717, 1.165) is 51.0 Å². The van der Waals surface area contributed by atoms with E-state index < -0.39 is 5.97 Å². The van der Waals surface area contributed by atoms with Crippen LogP contribution >= 0.6 is 0 Å². The summed E-state index contributed by atoms with van der Waals surface area (Å²) in [5.41, 5.74) is -0.238. The van der Waals surface area contributed by atoms with Crippen molar-refractivity contribution in [1.82, 2.24) is 0 Å². The molecule has 0 amide bonds. The van der Waals surface area contributed by atoms with Gasteiger partial charge in [-0.1, -0.05) is 38.5 Å². The van der Waals surface area contributed by atoms with E-state index in [-0.39, 0.29) is 12.2 Å². The largest absolute Gasteiger partial charge is 0.462 e. The molecule has 0 aliphatic rings. The van der Waals surface area contributed by atoms with Crippen LogP contribution in [0.1, 0.15) is 51.4 Å². The SMILES string of the molecule is N#CC(C#N)=CC(=O)OCCCCCCCCCCO. The molecular formula is C15H22N2O3. The number of nitriles is 2. The van der Waals surface area contributed by atoms with Crippen LogP contribution in [0.4, 0.5) is 0 Å². The molecule has 1 N–H and O–H groups in total. The molecular weight excluding hydrogens is 256 g/mol. The number of allylic oxidation sites excluding steroid dienone is 1. The smallest absolute Gasteiger partial charge is 0.332 e. The molecule has 5 nitrogen and oxygen atoms in total. The van der Waals surface area contributed by atoms with Crippen LogP contribution in [0.15, 0.2) is 11.6 Å². The van der Waals surface area contributed by atoms with E-state index in [9.17, 15) is 4.79 Å². The summed E-state index contributed by atoms with van der Waals surface area (Å²) in [6.45, 7) is 0.600. The average Bonchev–Trinajstić information content (AvgIpc) is 2.46. The Kier molecular flexibility index (Phi) is 12.3. The number of nitrogens with zero attached hydrogens (tertiary/aromatic N) is 2. The number of aliphatic hydroxyl groups is 1. The molecule has 20 heavy (non-hydrogen) atoms. The molecule has 0 saturated heterocycles. The normalized spacial score (nSPS) is 9.35. The van der Waals surface area contributed by atoms with Crippen molar-refractivity contribution in [1.29, 1.82) is 10.5 Å². The lowest BCUT2D eigenvalue weighted by Crippen LogP contribution is -2.03. The predicted molar refractivity (Wildman–Crippen MR) is 74.3 cm³/mol. The Morgan fingerprint density at radius 2 is 1.45 bits per heavy atom. The van der Waals surface area contributed by atoms with Crippen LogP contribution in [0.5, 0.6) is 0 Å². The van der Waals surface area contributed by atoms with Gasteiger partial charge < -0.3 is 9.84 Å². The second-order valence-corrected chi connectivity index (χ2v) is 4.50. The van der Waals surface area contributed by atoms with Gasteiger partial charge in [0.1, 0.15) is 17.7 Å². The van der Waals surface area contributed by atoms with Crippen LogP contribution in [0, 0.1) is 22.7 Å². The van der Waals surface area contributed by atoms with Crippen LogP contribution in [0.25, 0.3) is 0 Å². The fraction of sp³-hybridized carbons (Fsp3) is 0.667. The molecule has 0 radical (unpaired) electrons. The third kappa shape index (κ3) is 11.3. The molecule has 0 rings (SSSR count). The van der Waals surface area contributed by atoms with Crippen molar-refractivity contribution in [3.63, 3.8) is 0 Å². The lowest BCUT2D eigenvalue weighted by molar-refractivity contribution is -0.137. The molecule has 110 valence electrons. The summed E-state index contributed by atoms with van der Waals surface area (Å²) >= 11 is 0. The lowest BCUT2D eigenvalue weighted by atomic mass is 10.1. The van der Waals surface area contributed by atoms with Crippen molar-refractivity contribution < 1.29 is 14.6 Å². The van der Waals surface area contributed by atoms with E-state index in [4.69, 9.17) is 20.4 Å². The molecule has 0 bridgehead atoms. The Morgan fingerprint density at radius 3 is 1.95 bits per heavy atom. The summed E-state index contributed by atoms with van der Waals surface area (Å²) in [4.78, 5) is 11.2. The molecule has 0 aliphatic heterocycles. The second kappa shape index (κ2) is 13.6.